The average Bonchev–Trinajstić information content (AvgIpc) is 2.86. The molecule has 0 bridgehead atoms. The fourth-order valence-corrected chi connectivity index (χ4v) is 4.36. The second-order valence-corrected chi connectivity index (χ2v) is 10.5. The first-order valence-corrected chi connectivity index (χ1v) is 12.6. The highest BCUT2D eigenvalue weighted by Gasteiger charge is 2.22. The number of nitrogens with one attached hydrogen (secondary N) is 1. The molecule has 4 rings (SSSR count). The molecular formula is C31H32FN3O4. The lowest BCUT2D eigenvalue weighted by Crippen LogP contribution is -2.24. The molecule has 8 heteroatoms. The number of aryl methyl sites for hydroxylation is 1. The van der Waals surface area contributed by atoms with Crippen LogP contribution in [0.2, 0.25) is 0 Å². The predicted octanol–water partition coefficient (Wildman–Crippen LogP) is 6.67. The van der Waals surface area contributed by atoms with Gasteiger partial charge in [-0.1, -0.05) is 18.2 Å². The minimum Gasteiger partial charge on any atom is -0.456 e. The summed E-state index contributed by atoms with van der Waals surface area (Å²) >= 11 is 0. The van der Waals surface area contributed by atoms with E-state index < -0.39 is 17.4 Å². The molecule has 3 aromatic carbocycles. The topological polar surface area (TPSA) is 107 Å². The second-order valence-electron chi connectivity index (χ2n) is 10.5. The number of hydrogen-bond acceptors (Lipinski definition) is 7. The molecule has 202 valence electrons. The maximum Gasteiger partial charge on any atom is 0.340 e. The zero-order chi connectivity index (χ0) is 28.5. The van der Waals surface area contributed by atoms with E-state index in [-0.39, 0.29) is 22.9 Å². The number of carbonyl (C=O) groups is 1. The molecule has 0 spiro atoms. The Morgan fingerprint density at radius 2 is 1.87 bits per heavy atom. The summed E-state index contributed by atoms with van der Waals surface area (Å²) in [6.45, 7) is 9.24. The highest BCUT2D eigenvalue weighted by atomic mass is 19.1. The van der Waals surface area contributed by atoms with Crippen LogP contribution < -0.4 is 16.5 Å². The van der Waals surface area contributed by atoms with Crippen LogP contribution in [-0.2, 0) is 4.74 Å². The summed E-state index contributed by atoms with van der Waals surface area (Å²) < 4.78 is 26.5. The summed E-state index contributed by atoms with van der Waals surface area (Å²) in [5.41, 5.74) is 8.55. The lowest BCUT2D eigenvalue weighted by molar-refractivity contribution is 0.00706. The number of aliphatic imine (C=N–C) groups is 1. The largest absolute Gasteiger partial charge is 0.456 e. The molecular weight excluding hydrogens is 497 g/mol. The summed E-state index contributed by atoms with van der Waals surface area (Å²) in [6.07, 6.45) is 1.45. The Kier molecular flexibility index (Phi) is 7.58. The fraction of sp³-hybridized carbons (Fsp3) is 0.258. The molecule has 1 heterocycles. The first-order chi connectivity index (χ1) is 18.4. The molecule has 39 heavy (non-hydrogen) atoms. The van der Waals surface area contributed by atoms with Crippen molar-refractivity contribution >= 4 is 34.5 Å². The third kappa shape index (κ3) is 6.00. The van der Waals surface area contributed by atoms with Gasteiger partial charge in [-0.05, 0) is 70.5 Å². The maximum atomic E-state index is 14.6. The van der Waals surface area contributed by atoms with Crippen molar-refractivity contribution in [2.24, 2.45) is 4.99 Å². The van der Waals surface area contributed by atoms with Gasteiger partial charge in [0.1, 0.15) is 22.8 Å². The van der Waals surface area contributed by atoms with Crippen LogP contribution in [0.5, 0.6) is 0 Å². The van der Waals surface area contributed by atoms with Crippen LogP contribution >= 0.6 is 0 Å². The number of rotatable bonds is 6. The smallest absolute Gasteiger partial charge is 0.340 e. The number of halogens is 1. The van der Waals surface area contributed by atoms with Crippen LogP contribution in [0.25, 0.3) is 22.3 Å². The van der Waals surface area contributed by atoms with Gasteiger partial charge in [0.25, 0.3) is 0 Å². The molecule has 0 radical (unpaired) electrons. The van der Waals surface area contributed by atoms with E-state index >= 15 is 0 Å². The summed E-state index contributed by atoms with van der Waals surface area (Å²) in [5.74, 6) is -0.885. The van der Waals surface area contributed by atoms with Crippen molar-refractivity contribution in [3.8, 4) is 11.3 Å². The van der Waals surface area contributed by atoms with Crippen LogP contribution in [0.3, 0.4) is 0 Å². The van der Waals surface area contributed by atoms with Gasteiger partial charge < -0.3 is 20.2 Å². The first-order valence-electron chi connectivity index (χ1n) is 12.6. The number of anilines is 2. The van der Waals surface area contributed by atoms with Crippen LogP contribution in [-0.4, -0.2) is 24.8 Å². The van der Waals surface area contributed by atoms with Gasteiger partial charge in [-0.3, -0.25) is 9.79 Å². The van der Waals surface area contributed by atoms with Gasteiger partial charge in [-0.15, -0.1) is 0 Å². The Balaban J connectivity index is 1.81. The van der Waals surface area contributed by atoms with E-state index in [1.54, 1.807) is 37.4 Å². The lowest BCUT2D eigenvalue weighted by atomic mass is 9.99. The van der Waals surface area contributed by atoms with E-state index in [1.807, 2.05) is 46.8 Å². The number of carbonyl (C=O) groups excluding carboxylic acids is 1. The number of para-hydroxylation sites is 1. The highest BCUT2D eigenvalue weighted by Crippen LogP contribution is 2.33. The van der Waals surface area contributed by atoms with Crippen molar-refractivity contribution in [1.29, 1.82) is 0 Å². The molecule has 3 N–H and O–H groups in total. The van der Waals surface area contributed by atoms with Crippen LogP contribution in [0.1, 0.15) is 60.8 Å². The molecule has 0 amide bonds. The third-order valence-corrected chi connectivity index (χ3v) is 6.10. The van der Waals surface area contributed by atoms with Gasteiger partial charge in [0.2, 0.25) is 0 Å². The number of nitrogen functional groups attached to an aromatic ring is 1. The molecule has 0 aliphatic heterocycles. The maximum absolute atomic E-state index is 14.6. The molecule has 0 aliphatic carbocycles. The molecule has 1 unspecified atom stereocenters. The Bertz CT molecular complexity index is 1650. The van der Waals surface area contributed by atoms with E-state index in [0.717, 1.165) is 5.56 Å². The Morgan fingerprint density at radius 1 is 1.15 bits per heavy atom. The first kappa shape index (κ1) is 27.6. The van der Waals surface area contributed by atoms with E-state index in [1.165, 1.54) is 18.3 Å². The summed E-state index contributed by atoms with van der Waals surface area (Å²) in [6, 6.07) is 14.6. The minimum absolute atomic E-state index is 0.0368. The summed E-state index contributed by atoms with van der Waals surface area (Å²) in [7, 11) is 1.56. The van der Waals surface area contributed by atoms with Crippen LogP contribution in [0.4, 0.5) is 15.8 Å². The van der Waals surface area contributed by atoms with Gasteiger partial charge in [-0.25, -0.2) is 9.18 Å². The van der Waals surface area contributed by atoms with Crippen LogP contribution in [0, 0.1) is 12.7 Å². The quantitative estimate of drug-likeness (QED) is 0.164. The van der Waals surface area contributed by atoms with Gasteiger partial charge in [0.05, 0.1) is 22.7 Å². The van der Waals surface area contributed by atoms with Crippen molar-refractivity contribution in [1.82, 2.24) is 0 Å². The Morgan fingerprint density at radius 3 is 2.56 bits per heavy atom. The standard InChI is InChI=1S/C31H32FN3O4/c1-17-11-22(18(2)35-25-10-8-7-9-21(25)30(37)39-31(3,4)5)29-23(12-17)26(36)15-27(38-29)19-13-20(16-34-6)28(33)24(32)14-19/h7-16,18,35H,33H2,1-6H3. The van der Waals surface area contributed by atoms with Crippen molar-refractivity contribution in [2.45, 2.75) is 46.3 Å². The van der Waals surface area contributed by atoms with Gasteiger partial charge in [-0.2, -0.15) is 0 Å². The molecule has 1 aromatic heterocycles. The minimum atomic E-state index is -0.646. The molecule has 4 aromatic rings. The van der Waals surface area contributed by atoms with Crippen molar-refractivity contribution in [3.05, 3.63) is 92.9 Å². The molecule has 0 saturated heterocycles. The second kappa shape index (κ2) is 10.7. The summed E-state index contributed by atoms with van der Waals surface area (Å²) in [4.78, 5) is 30.0. The normalized spacial score (nSPS) is 12.6. The summed E-state index contributed by atoms with van der Waals surface area (Å²) in [5, 5.41) is 3.77. The Hall–Kier alpha value is -4.46. The van der Waals surface area contributed by atoms with Gasteiger partial charge >= 0.3 is 5.97 Å². The Labute approximate surface area is 226 Å². The molecule has 0 saturated carbocycles. The number of hydrogen-bond donors (Lipinski definition) is 2. The van der Waals surface area contributed by atoms with Crippen LogP contribution in [0.15, 0.2) is 68.8 Å². The lowest BCUT2D eigenvalue weighted by Gasteiger charge is -2.23. The number of nitrogens with two attached hydrogens (primary N) is 1. The van der Waals surface area contributed by atoms with E-state index in [2.05, 4.69) is 10.3 Å². The SMILES string of the molecule is CN=Cc1cc(-c2cc(=O)c3cc(C)cc(C(C)Nc4ccccc4C(=O)OC(C)(C)C)c3o2)cc(F)c1N. The van der Waals surface area contributed by atoms with Gasteiger partial charge in [0, 0.05) is 41.7 Å². The number of benzene rings is 3. The number of ether oxygens (including phenoxy) is 1. The number of esters is 1. The monoisotopic (exact) mass is 529 g/mol. The molecule has 0 fully saturated rings. The van der Waals surface area contributed by atoms with Crippen molar-refractivity contribution in [3.63, 3.8) is 0 Å². The average molecular weight is 530 g/mol. The molecule has 7 nitrogen and oxygen atoms in total. The van der Waals surface area contributed by atoms with Crippen molar-refractivity contribution in [2.75, 3.05) is 18.1 Å². The predicted molar refractivity (Wildman–Crippen MR) is 154 cm³/mol. The van der Waals surface area contributed by atoms with E-state index in [9.17, 15) is 14.0 Å². The van der Waals surface area contributed by atoms with Gasteiger partial charge in [0.15, 0.2) is 5.43 Å². The zero-order valence-corrected chi connectivity index (χ0v) is 22.9. The zero-order valence-electron chi connectivity index (χ0n) is 22.9. The fourth-order valence-electron chi connectivity index (χ4n) is 4.36. The third-order valence-electron chi connectivity index (χ3n) is 6.10. The number of fused-ring (bicyclic) bond motifs is 1. The highest BCUT2D eigenvalue weighted by molar-refractivity contribution is 5.96. The van der Waals surface area contributed by atoms with Crippen molar-refractivity contribution < 1.29 is 18.3 Å². The number of nitrogens with zero attached hydrogens (tertiary/aromatic N) is 1. The van der Waals surface area contributed by atoms with E-state index in [0.29, 0.717) is 38.9 Å². The molecule has 0 aliphatic rings. The van der Waals surface area contributed by atoms with E-state index in [4.69, 9.17) is 14.9 Å². The molecule has 1 atom stereocenters.